The molecule has 8 heteroatoms. The largest absolute Gasteiger partial charge is 0.422 e. The molecule has 0 radical (unpaired) electrons. The summed E-state index contributed by atoms with van der Waals surface area (Å²) in [6.07, 6.45) is -5.31. The lowest BCUT2D eigenvalue weighted by atomic mass is 10.0. The number of hydrogen-bond acceptors (Lipinski definition) is 2. The Kier molecular flexibility index (Phi) is 3.68. The molecule has 0 saturated carbocycles. The number of alkyl halides is 3. The first-order valence-electron chi connectivity index (χ1n) is 4.31. The molecular formula is C9H7F6NO. The molecular weight excluding hydrogens is 252 g/mol. The standard InChI is InChI=1S/C9H7F6NO/c10-3-1-4(11)7(9(13,14)15)8(12)6(3)5(16)2-17/h1,5,17H,2,16H2/t5-/m1/s1. The van der Waals surface area contributed by atoms with Crippen molar-refractivity contribution in [2.24, 2.45) is 5.73 Å². The van der Waals surface area contributed by atoms with Crippen LogP contribution >= 0.6 is 0 Å². The molecule has 0 saturated heterocycles. The second-order valence-corrected chi connectivity index (χ2v) is 3.23. The van der Waals surface area contributed by atoms with Gasteiger partial charge in [0.1, 0.15) is 23.0 Å². The molecule has 0 amide bonds. The summed E-state index contributed by atoms with van der Waals surface area (Å²) in [7, 11) is 0. The van der Waals surface area contributed by atoms with E-state index < -0.39 is 47.4 Å². The fourth-order valence-electron chi connectivity index (χ4n) is 1.30. The Morgan fingerprint density at radius 1 is 1.18 bits per heavy atom. The van der Waals surface area contributed by atoms with Crippen LogP contribution in [0.4, 0.5) is 26.3 Å². The van der Waals surface area contributed by atoms with Gasteiger partial charge in [-0.05, 0) is 0 Å². The van der Waals surface area contributed by atoms with Crippen molar-refractivity contribution in [3.63, 3.8) is 0 Å². The average Bonchev–Trinajstić information content (AvgIpc) is 2.13. The van der Waals surface area contributed by atoms with Crippen LogP contribution in [0.5, 0.6) is 0 Å². The maximum absolute atomic E-state index is 13.3. The van der Waals surface area contributed by atoms with Crippen LogP contribution in [0.25, 0.3) is 0 Å². The van der Waals surface area contributed by atoms with Gasteiger partial charge >= 0.3 is 6.18 Å². The van der Waals surface area contributed by atoms with Crippen LogP contribution in [0, 0.1) is 17.5 Å². The molecule has 0 heterocycles. The number of aliphatic hydroxyl groups excluding tert-OH is 1. The summed E-state index contributed by atoms with van der Waals surface area (Å²) in [5.41, 5.74) is 1.62. The van der Waals surface area contributed by atoms with E-state index in [4.69, 9.17) is 10.8 Å². The molecule has 0 aliphatic carbocycles. The van der Waals surface area contributed by atoms with E-state index in [0.717, 1.165) is 0 Å². The minimum atomic E-state index is -5.31. The third-order valence-electron chi connectivity index (χ3n) is 2.06. The normalized spacial score (nSPS) is 13.9. The number of aliphatic hydroxyl groups is 1. The monoisotopic (exact) mass is 259 g/mol. The van der Waals surface area contributed by atoms with Crippen molar-refractivity contribution in [2.75, 3.05) is 6.61 Å². The molecule has 96 valence electrons. The first-order chi connectivity index (χ1) is 7.70. The Balaban J connectivity index is 3.54. The van der Waals surface area contributed by atoms with Crippen molar-refractivity contribution < 1.29 is 31.4 Å². The lowest BCUT2D eigenvalue weighted by molar-refractivity contribution is -0.142. The third kappa shape index (κ3) is 2.52. The van der Waals surface area contributed by atoms with Gasteiger partial charge in [0.25, 0.3) is 0 Å². The van der Waals surface area contributed by atoms with Gasteiger partial charge in [-0.15, -0.1) is 0 Å². The smallest absolute Gasteiger partial charge is 0.394 e. The third-order valence-corrected chi connectivity index (χ3v) is 2.06. The Morgan fingerprint density at radius 3 is 2.12 bits per heavy atom. The summed E-state index contributed by atoms with van der Waals surface area (Å²) in [5.74, 6) is -5.78. The molecule has 0 aliphatic heterocycles. The number of halogens is 6. The minimum Gasteiger partial charge on any atom is -0.394 e. The first kappa shape index (κ1) is 13.8. The molecule has 17 heavy (non-hydrogen) atoms. The lowest BCUT2D eigenvalue weighted by Gasteiger charge is -2.16. The summed E-state index contributed by atoms with van der Waals surface area (Å²) >= 11 is 0. The van der Waals surface area contributed by atoms with Crippen molar-refractivity contribution in [1.82, 2.24) is 0 Å². The van der Waals surface area contributed by atoms with Gasteiger partial charge in [-0.1, -0.05) is 0 Å². The second-order valence-electron chi connectivity index (χ2n) is 3.23. The average molecular weight is 259 g/mol. The molecule has 3 N–H and O–H groups in total. The highest BCUT2D eigenvalue weighted by atomic mass is 19.4. The highest BCUT2D eigenvalue weighted by Gasteiger charge is 2.40. The van der Waals surface area contributed by atoms with Gasteiger partial charge in [0.15, 0.2) is 0 Å². The van der Waals surface area contributed by atoms with Gasteiger partial charge in [-0.3, -0.25) is 0 Å². The van der Waals surface area contributed by atoms with Crippen LogP contribution in [0.3, 0.4) is 0 Å². The topological polar surface area (TPSA) is 46.2 Å². The van der Waals surface area contributed by atoms with Crippen LogP contribution in [-0.2, 0) is 6.18 Å². The van der Waals surface area contributed by atoms with E-state index in [1.165, 1.54) is 0 Å². The van der Waals surface area contributed by atoms with E-state index in [9.17, 15) is 26.3 Å². The predicted molar refractivity (Wildman–Crippen MR) is 45.3 cm³/mol. The molecule has 0 fully saturated rings. The molecule has 2 nitrogen and oxygen atoms in total. The zero-order chi connectivity index (χ0) is 13.4. The van der Waals surface area contributed by atoms with Crippen molar-refractivity contribution in [2.45, 2.75) is 12.2 Å². The molecule has 1 aromatic rings. The Morgan fingerprint density at radius 2 is 1.71 bits per heavy atom. The molecule has 0 aromatic heterocycles. The van der Waals surface area contributed by atoms with Gasteiger partial charge in [0, 0.05) is 11.6 Å². The zero-order valence-electron chi connectivity index (χ0n) is 8.15. The molecule has 0 unspecified atom stereocenters. The number of benzene rings is 1. The van der Waals surface area contributed by atoms with Crippen molar-refractivity contribution in [1.29, 1.82) is 0 Å². The summed E-state index contributed by atoms with van der Waals surface area (Å²) in [6, 6.07) is -1.81. The van der Waals surface area contributed by atoms with Crippen LogP contribution in [-0.4, -0.2) is 11.7 Å². The summed E-state index contributed by atoms with van der Waals surface area (Å²) in [6.45, 7) is -0.975. The quantitative estimate of drug-likeness (QED) is 0.799. The molecule has 1 aromatic carbocycles. The SMILES string of the molecule is N[C@H](CO)c1c(F)cc(F)c(C(F)(F)F)c1F. The number of rotatable bonds is 2. The first-order valence-corrected chi connectivity index (χ1v) is 4.31. The van der Waals surface area contributed by atoms with Crippen LogP contribution in [0.15, 0.2) is 6.07 Å². The van der Waals surface area contributed by atoms with Crippen molar-refractivity contribution >= 4 is 0 Å². The van der Waals surface area contributed by atoms with Crippen LogP contribution < -0.4 is 5.73 Å². The number of hydrogen-bond donors (Lipinski definition) is 2. The van der Waals surface area contributed by atoms with E-state index in [2.05, 4.69) is 0 Å². The van der Waals surface area contributed by atoms with Gasteiger partial charge in [-0.2, -0.15) is 13.2 Å². The maximum atomic E-state index is 13.3. The van der Waals surface area contributed by atoms with E-state index in [0.29, 0.717) is 0 Å². The van der Waals surface area contributed by atoms with Crippen LogP contribution in [0.1, 0.15) is 17.2 Å². The van der Waals surface area contributed by atoms with Crippen molar-refractivity contribution in [3.05, 3.63) is 34.6 Å². The van der Waals surface area contributed by atoms with E-state index in [1.807, 2.05) is 0 Å². The minimum absolute atomic E-state index is 0.114. The van der Waals surface area contributed by atoms with E-state index in [1.54, 1.807) is 0 Å². The molecule has 1 rings (SSSR count). The highest BCUT2D eigenvalue weighted by Crippen LogP contribution is 2.36. The fraction of sp³-hybridized carbons (Fsp3) is 0.333. The molecule has 1 atom stereocenters. The zero-order valence-corrected chi connectivity index (χ0v) is 8.15. The Hall–Kier alpha value is -1.28. The maximum Gasteiger partial charge on any atom is 0.422 e. The predicted octanol–water partition coefficient (Wildman–Crippen LogP) is 2.11. The van der Waals surface area contributed by atoms with E-state index >= 15 is 0 Å². The van der Waals surface area contributed by atoms with Gasteiger partial charge < -0.3 is 10.8 Å². The lowest BCUT2D eigenvalue weighted by Crippen LogP contribution is -2.22. The second kappa shape index (κ2) is 4.53. The van der Waals surface area contributed by atoms with Crippen LogP contribution in [0.2, 0.25) is 0 Å². The summed E-state index contributed by atoms with van der Waals surface area (Å²) < 4.78 is 76.1. The Labute approximate surface area is 91.7 Å². The summed E-state index contributed by atoms with van der Waals surface area (Å²) in [5, 5.41) is 8.57. The summed E-state index contributed by atoms with van der Waals surface area (Å²) in [4.78, 5) is 0. The number of nitrogens with two attached hydrogens (primary N) is 1. The fourth-order valence-corrected chi connectivity index (χ4v) is 1.30. The van der Waals surface area contributed by atoms with Gasteiger partial charge in [0.2, 0.25) is 0 Å². The molecule has 0 bridgehead atoms. The Bertz CT molecular complexity index is 430. The molecule has 0 aliphatic rings. The van der Waals surface area contributed by atoms with Gasteiger partial charge in [-0.25, -0.2) is 13.2 Å². The van der Waals surface area contributed by atoms with E-state index in [-0.39, 0.29) is 6.07 Å². The molecule has 0 spiro atoms. The highest BCUT2D eigenvalue weighted by molar-refractivity contribution is 5.33. The van der Waals surface area contributed by atoms with Gasteiger partial charge in [0.05, 0.1) is 12.6 Å². The van der Waals surface area contributed by atoms with Crippen molar-refractivity contribution in [3.8, 4) is 0 Å².